The third-order valence-corrected chi connectivity index (χ3v) is 2.54. The molecule has 6 nitrogen and oxygen atoms in total. The first-order valence-corrected chi connectivity index (χ1v) is 5.78. The molecule has 0 aliphatic rings. The number of carbonyl (C=O) groups is 2. The van der Waals surface area contributed by atoms with Crippen molar-refractivity contribution >= 4 is 23.5 Å². The molecule has 2 N–H and O–H groups in total. The van der Waals surface area contributed by atoms with Crippen molar-refractivity contribution in [3.8, 4) is 0 Å². The van der Waals surface area contributed by atoms with Crippen LogP contribution in [0.25, 0.3) is 0 Å². The van der Waals surface area contributed by atoms with Crippen LogP contribution in [0.5, 0.6) is 0 Å². The van der Waals surface area contributed by atoms with Crippen molar-refractivity contribution in [1.82, 2.24) is 15.3 Å². The fourth-order valence-corrected chi connectivity index (χ4v) is 1.48. The van der Waals surface area contributed by atoms with Crippen LogP contribution in [0.3, 0.4) is 0 Å². The molecule has 0 aromatic carbocycles. The van der Waals surface area contributed by atoms with E-state index >= 15 is 0 Å². The Hall–Kier alpha value is -1.69. The van der Waals surface area contributed by atoms with Crippen LogP contribution in [0, 0.1) is 5.92 Å². The van der Waals surface area contributed by atoms with Crippen LogP contribution in [0.2, 0.25) is 5.15 Å². The highest BCUT2D eigenvalue weighted by atomic mass is 35.5. The first-order valence-electron chi connectivity index (χ1n) is 5.40. The van der Waals surface area contributed by atoms with Crippen LogP contribution in [-0.4, -0.2) is 33.0 Å². The van der Waals surface area contributed by atoms with Crippen LogP contribution in [-0.2, 0) is 4.79 Å². The highest BCUT2D eigenvalue weighted by Crippen LogP contribution is 2.08. The van der Waals surface area contributed by atoms with Gasteiger partial charge in [-0.15, -0.1) is 0 Å². The number of amides is 1. The van der Waals surface area contributed by atoms with Crippen LogP contribution < -0.4 is 5.32 Å². The molecule has 0 radical (unpaired) electrons. The Kier molecular flexibility index (Phi) is 5.03. The number of nitrogens with one attached hydrogen (secondary N) is 1. The van der Waals surface area contributed by atoms with Crippen LogP contribution in [0.4, 0.5) is 0 Å². The summed E-state index contributed by atoms with van der Waals surface area (Å²) < 4.78 is 0. The fraction of sp³-hybridized carbons (Fsp3) is 0.455. The molecule has 0 fully saturated rings. The molecule has 0 saturated carbocycles. The molecule has 98 valence electrons. The van der Waals surface area contributed by atoms with Gasteiger partial charge in [0, 0.05) is 6.04 Å². The van der Waals surface area contributed by atoms with Gasteiger partial charge in [0.05, 0.1) is 18.8 Å². The molecule has 18 heavy (non-hydrogen) atoms. The van der Waals surface area contributed by atoms with Crippen molar-refractivity contribution in [1.29, 1.82) is 0 Å². The third-order valence-electron chi connectivity index (χ3n) is 2.35. The summed E-state index contributed by atoms with van der Waals surface area (Å²) in [4.78, 5) is 30.1. The number of aliphatic carboxylic acids is 1. The van der Waals surface area contributed by atoms with Crippen molar-refractivity contribution < 1.29 is 14.7 Å². The van der Waals surface area contributed by atoms with Crippen molar-refractivity contribution in [3.63, 3.8) is 0 Å². The second-order valence-electron chi connectivity index (χ2n) is 4.15. The fourth-order valence-electron chi connectivity index (χ4n) is 1.34. The van der Waals surface area contributed by atoms with Gasteiger partial charge >= 0.3 is 5.97 Å². The molecular formula is C11H14ClN3O3. The van der Waals surface area contributed by atoms with E-state index in [4.69, 9.17) is 16.7 Å². The van der Waals surface area contributed by atoms with Gasteiger partial charge in [0.15, 0.2) is 0 Å². The smallest absolute Gasteiger partial charge is 0.305 e. The number of halogens is 1. The van der Waals surface area contributed by atoms with E-state index in [1.807, 2.05) is 13.8 Å². The molecule has 1 unspecified atom stereocenters. The summed E-state index contributed by atoms with van der Waals surface area (Å²) in [5.74, 6) is -1.45. The molecule has 1 aromatic rings. The molecule has 1 rings (SSSR count). The molecule has 0 saturated heterocycles. The predicted octanol–water partition coefficient (Wildman–Crippen LogP) is 1.36. The van der Waals surface area contributed by atoms with Gasteiger partial charge in [-0.1, -0.05) is 25.4 Å². The maximum Gasteiger partial charge on any atom is 0.305 e. The molecule has 0 aliphatic carbocycles. The Labute approximate surface area is 109 Å². The van der Waals surface area contributed by atoms with E-state index in [0.717, 1.165) is 0 Å². The average Bonchev–Trinajstić information content (AvgIpc) is 2.27. The number of hydrogen-bond acceptors (Lipinski definition) is 4. The van der Waals surface area contributed by atoms with E-state index in [2.05, 4.69) is 15.3 Å². The number of rotatable bonds is 5. The summed E-state index contributed by atoms with van der Waals surface area (Å²) in [7, 11) is 0. The summed E-state index contributed by atoms with van der Waals surface area (Å²) in [6.45, 7) is 3.66. The molecule has 0 spiro atoms. The highest BCUT2D eigenvalue weighted by Gasteiger charge is 2.20. The van der Waals surface area contributed by atoms with Gasteiger partial charge in [0.25, 0.3) is 5.91 Å². The lowest BCUT2D eigenvalue weighted by molar-refractivity contribution is -0.137. The second-order valence-corrected chi connectivity index (χ2v) is 4.54. The van der Waals surface area contributed by atoms with Gasteiger partial charge in [-0.05, 0) is 5.92 Å². The van der Waals surface area contributed by atoms with E-state index in [-0.39, 0.29) is 23.2 Å². The Bertz CT molecular complexity index is 451. The third kappa shape index (κ3) is 4.29. The molecule has 7 heteroatoms. The van der Waals surface area contributed by atoms with E-state index in [1.54, 1.807) is 0 Å². The number of carboxylic acid groups (broad SMARTS) is 1. The SMILES string of the molecule is CC(C)C(CC(=O)O)NC(=O)c1cncc(Cl)n1. The lowest BCUT2D eigenvalue weighted by Gasteiger charge is -2.20. The van der Waals surface area contributed by atoms with Gasteiger partial charge in [0.1, 0.15) is 10.8 Å². The summed E-state index contributed by atoms with van der Waals surface area (Å²) in [5.41, 5.74) is 0.0681. The van der Waals surface area contributed by atoms with Crippen molar-refractivity contribution in [2.24, 2.45) is 5.92 Å². The average molecular weight is 272 g/mol. The van der Waals surface area contributed by atoms with Gasteiger partial charge < -0.3 is 10.4 Å². The molecular weight excluding hydrogens is 258 g/mol. The number of hydrogen-bond donors (Lipinski definition) is 2. The zero-order chi connectivity index (χ0) is 13.7. The van der Waals surface area contributed by atoms with Crippen LogP contribution >= 0.6 is 11.6 Å². The van der Waals surface area contributed by atoms with E-state index < -0.39 is 17.9 Å². The van der Waals surface area contributed by atoms with Crippen molar-refractivity contribution in [3.05, 3.63) is 23.2 Å². The number of aromatic nitrogens is 2. The van der Waals surface area contributed by atoms with Gasteiger partial charge in [-0.25, -0.2) is 4.98 Å². The standard InChI is InChI=1S/C11H14ClN3O3/c1-6(2)7(3-10(16)17)15-11(18)8-4-13-5-9(12)14-8/h4-7H,3H2,1-2H3,(H,15,18)(H,16,17). The molecule has 0 bridgehead atoms. The number of nitrogens with zero attached hydrogens (tertiary/aromatic N) is 2. The van der Waals surface area contributed by atoms with Crippen molar-refractivity contribution in [2.45, 2.75) is 26.3 Å². The Morgan fingerprint density at radius 2 is 2.11 bits per heavy atom. The molecule has 1 aromatic heterocycles. The Morgan fingerprint density at radius 1 is 1.44 bits per heavy atom. The molecule has 1 heterocycles. The topological polar surface area (TPSA) is 92.2 Å². The summed E-state index contributed by atoms with van der Waals surface area (Å²) >= 11 is 5.62. The van der Waals surface area contributed by atoms with Gasteiger partial charge in [-0.2, -0.15) is 0 Å². The van der Waals surface area contributed by atoms with Gasteiger partial charge in [-0.3, -0.25) is 14.6 Å². The summed E-state index contributed by atoms with van der Waals surface area (Å²) in [5, 5.41) is 11.5. The van der Waals surface area contributed by atoms with E-state index in [0.29, 0.717) is 0 Å². The monoisotopic (exact) mass is 271 g/mol. The van der Waals surface area contributed by atoms with Crippen LogP contribution in [0.15, 0.2) is 12.4 Å². The van der Waals surface area contributed by atoms with Crippen molar-refractivity contribution in [2.75, 3.05) is 0 Å². The normalized spacial score (nSPS) is 12.2. The van der Waals surface area contributed by atoms with E-state index in [1.165, 1.54) is 12.4 Å². The zero-order valence-corrected chi connectivity index (χ0v) is 10.8. The quantitative estimate of drug-likeness (QED) is 0.843. The maximum absolute atomic E-state index is 11.8. The van der Waals surface area contributed by atoms with E-state index in [9.17, 15) is 9.59 Å². The lowest BCUT2D eigenvalue weighted by Crippen LogP contribution is -2.40. The zero-order valence-electron chi connectivity index (χ0n) is 10.1. The Morgan fingerprint density at radius 3 is 2.61 bits per heavy atom. The lowest BCUT2D eigenvalue weighted by atomic mass is 10.0. The number of carbonyl (C=O) groups excluding carboxylic acids is 1. The van der Waals surface area contributed by atoms with Crippen LogP contribution in [0.1, 0.15) is 30.8 Å². The first kappa shape index (κ1) is 14.4. The minimum absolute atomic E-state index is 0.00260. The minimum Gasteiger partial charge on any atom is -0.481 e. The largest absolute Gasteiger partial charge is 0.481 e. The maximum atomic E-state index is 11.8. The summed E-state index contributed by atoms with van der Waals surface area (Å²) in [6, 6.07) is -0.462. The Balaban J connectivity index is 2.75. The first-order chi connectivity index (χ1) is 8.40. The minimum atomic E-state index is -0.967. The second kappa shape index (κ2) is 6.30. The molecule has 0 aliphatic heterocycles. The highest BCUT2D eigenvalue weighted by molar-refractivity contribution is 6.29. The summed E-state index contributed by atoms with van der Waals surface area (Å²) in [6.07, 6.45) is 2.45. The number of carboxylic acids is 1. The predicted molar refractivity (Wildman–Crippen MR) is 65.4 cm³/mol. The van der Waals surface area contributed by atoms with Gasteiger partial charge in [0.2, 0.25) is 0 Å². The molecule has 1 atom stereocenters. The molecule has 1 amide bonds.